The second kappa shape index (κ2) is 7.53. The molecule has 0 spiro atoms. The summed E-state index contributed by atoms with van der Waals surface area (Å²) in [5.41, 5.74) is 2.52. The first-order valence-corrected chi connectivity index (χ1v) is 8.81. The Labute approximate surface area is 151 Å². The minimum Gasteiger partial charge on any atom is -0.481 e. The maximum absolute atomic E-state index is 13.6. The van der Waals surface area contributed by atoms with E-state index in [-0.39, 0.29) is 0 Å². The third-order valence-corrected chi connectivity index (χ3v) is 5.06. The van der Waals surface area contributed by atoms with E-state index in [9.17, 15) is 18.7 Å². The van der Waals surface area contributed by atoms with E-state index in [1.807, 2.05) is 22.7 Å². The van der Waals surface area contributed by atoms with Gasteiger partial charge in [-0.2, -0.15) is 5.10 Å². The molecule has 1 aromatic heterocycles. The number of rotatable bonds is 6. The van der Waals surface area contributed by atoms with Crippen LogP contribution in [0.15, 0.2) is 24.4 Å². The third kappa shape index (κ3) is 3.77. The number of halogens is 2. The molecule has 1 aromatic carbocycles. The van der Waals surface area contributed by atoms with Crippen LogP contribution in [0.4, 0.5) is 8.78 Å². The quantitative estimate of drug-likeness (QED) is 0.856. The Kier molecular flexibility index (Phi) is 5.36. The molecule has 26 heavy (non-hydrogen) atoms. The Bertz CT molecular complexity index is 786. The average molecular weight is 363 g/mol. The van der Waals surface area contributed by atoms with Gasteiger partial charge in [0.2, 0.25) is 0 Å². The first-order valence-electron chi connectivity index (χ1n) is 8.81. The number of hydrogen-bond donors (Lipinski definition) is 1. The lowest BCUT2D eigenvalue weighted by atomic mass is 9.89. The summed E-state index contributed by atoms with van der Waals surface area (Å²) in [4.78, 5) is 13.7. The lowest BCUT2D eigenvalue weighted by molar-refractivity contribution is -0.141. The highest BCUT2D eigenvalue weighted by molar-refractivity contribution is 5.72. The van der Waals surface area contributed by atoms with E-state index in [0.717, 1.165) is 30.3 Å². The zero-order valence-electron chi connectivity index (χ0n) is 15.0. The standard InChI is InChI=1S/C19H23F2N3O2/c1-3-4-24-12(2)14(8-22-24)9-23-10-17(18(11-23)19(25)26)13-5-15(20)7-16(21)6-13/h5-8,17-18H,3-4,9-11H2,1-2H3,(H,25,26)/t17-,18+/m1/s1. The highest BCUT2D eigenvalue weighted by Gasteiger charge is 2.39. The van der Waals surface area contributed by atoms with Gasteiger partial charge in [0.25, 0.3) is 0 Å². The topological polar surface area (TPSA) is 58.4 Å². The molecule has 0 unspecified atom stereocenters. The van der Waals surface area contributed by atoms with Gasteiger partial charge in [-0.15, -0.1) is 0 Å². The van der Waals surface area contributed by atoms with Crippen LogP contribution >= 0.6 is 0 Å². The Balaban J connectivity index is 1.80. The molecule has 0 saturated carbocycles. The predicted octanol–water partition coefficient (Wildman–Crippen LogP) is 3.18. The monoisotopic (exact) mass is 363 g/mol. The van der Waals surface area contributed by atoms with E-state index in [1.165, 1.54) is 12.1 Å². The van der Waals surface area contributed by atoms with Gasteiger partial charge in [-0.1, -0.05) is 6.92 Å². The van der Waals surface area contributed by atoms with Gasteiger partial charge in [0.05, 0.1) is 12.1 Å². The molecule has 0 bridgehead atoms. The largest absolute Gasteiger partial charge is 0.481 e. The summed E-state index contributed by atoms with van der Waals surface area (Å²) in [6.07, 6.45) is 2.80. The van der Waals surface area contributed by atoms with Crippen molar-refractivity contribution in [3.05, 3.63) is 52.9 Å². The van der Waals surface area contributed by atoms with Crippen molar-refractivity contribution in [1.29, 1.82) is 0 Å². The third-order valence-electron chi connectivity index (χ3n) is 5.06. The van der Waals surface area contributed by atoms with Gasteiger partial charge in [-0.25, -0.2) is 8.78 Å². The van der Waals surface area contributed by atoms with Gasteiger partial charge in [0.15, 0.2) is 0 Å². The SMILES string of the molecule is CCCn1ncc(CN2C[C@H](C(=O)O)[C@@H](c3cc(F)cc(F)c3)C2)c1C. The van der Waals surface area contributed by atoms with Crippen LogP contribution in [0.3, 0.4) is 0 Å². The lowest BCUT2D eigenvalue weighted by Gasteiger charge is -2.16. The average Bonchev–Trinajstić information content (AvgIpc) is 3.13. The van der Waals surface area contributed by atoms with Crippen LogP contribution in [0.5, 0.6) is 0 Å². The molecule has 2 atom stereocenters. The van der Waals surface area contributed by atoms with Crippen molar-refractivity contribution in [2.45, 2.75) is 39.3 Å². The van der Waals surface area contributed by atoms with E-state index < -0.39 is 29.4 Å². The number of likely N-dealkylation sites (tertiary alicyclic amines) is 1. The fourth-order valence-corrected chi connectivity index (χ4v) is 3.71. The van der Waals surface area contributed by atoms with Crippen LogP contribution < -0.4 is 0 Å². The molecule has 1 saturated heterocycles. The fraction of sp³-hybridized carbons (Fsp3) is 0.474. The van der Waals surface area contributed by atoms with Crippen molar-refractivity contribution in [2.75, 3.05) is 13.1 Å². The molecule has 3 rings (SSSR count). The Hall–Kier alpha value is -2.28. The number of benzene rings is 1. The van der Waals surface area contributed by atoms with E-state index in [0.29, 0.717) is 25.2 Å². The van der Waals surface area contributed by atoms with Crippen molar-refractivity contribution < 1.29 is 18.7 Å². The number of aliphatic carboxylic acids is 1. The summed E-state index contributed by atoms with van der Waals surface area (Å²) in [7, 11) is 0. The maximum Gasteiger partial charge on any atom is 0.308 e. The van der Waals surface area contributed by atoms with E-state index in [4.69, 9.17) is 0 Å². The molecule has 2 aromatic rings. The minimum absolute atomic E-state index is 0.344. The van der Waals surface area contributed by atoms with Crippen LogP contribution in [0.2, 0.25) is 0 Å². The number of aryl methyl sites for hydroxylation is 1. The molecule has 2 heterocycles. The first-order chi connectivity index (χ1) is 12.4. The minimum atomic E-state index is -0.944. The second-order valence-electron chi connectivity index (χ2n) is 6.93. The predicted molar refractivity (Wildman–Crippen MR) is 92.8 cm³/mol. The van der Waals surface area contributed by atoms with Gasteiger partial charge in [-0.3, -0.25) is 14.4 Å². The molecule has 5 nitrogen and oxygen atoms in total. The summed E-state index contributed by atoms with van der Waals surface area (Å²) < 4.78 is 29.1. The van der Waals surface area contributed by atoms with E-state index in [2.05, 4.69) is 12.0 Å². The Morgan fingerprint density at radius 1 is 1.27 bits per heavy atom. The van der Waals surface area contributed by atoms with Crippen molar-refractivity contribution in [3.8, 4) is 0 Å². The lowest BCUT2D eigenvalue weighted by Crippen LogP contribution is -2.23. The summed E-state index contributed by atoms with van der Waals surface area (Å²) in [5.74, 6) is -3.44. The van der Waals surface area contributed by atoms with E-state index in [1.54, 1.807) is 0 Å². The van der Waals surface area contributed by atoms with Crippen molar-refractivity contribution in [3.63, 3.8) is 0 Å². The molecule has 0 radical (unpaired) electrons. The van der Waals surface area contributed by atoms with Crippen molar-refractivity contribution >= 4 is 5.97 Å². The molecule has 0 aliphatic carbocycles. The van der Waals surface area contributed by atoms with Gasteiger partial charge in [-0.05, 0) is 31.0 Å². The van der Waals surface area contributed by atoms with Crippen LogP contribution in [0, 0.1) is 24.5 Å². The fourth-order valence-electron chi connectivity index (χ4n) is 3.71. The molecule has 7 heteroatoms. The molecule has 1 aliphatic heterocycles. The molecule has 1 aliphatic rings. The van der Waals surface area contributed by atoms with Crippen LogP contribution in [-0.4, -0.2) is 38.8 Å². The second-order valence-corrected chi connectivity index (χ2v) is 6.93. The molecular weight excluding hydrogens is 340 g/mol. The summed E-state index contributed by atoms with van der Waals surface area (Å²) in [6.45, 7) is 6.29. The number of aromatic nitrogens is 2. The van der Waals surface area contributed by atoms with Gasteiger partial charge >= 0.3 is 5.97 Å². The number of hydrogen-bond acceptors (Lipinski definition) is 3. The number of carboxylic acids is 1. The number of carbonyl (C=O) groups is 1. The number of nitrogens with zero attached hydrogens (tertiary/aromatic N) is 3. The zero-order chi connectivity index (χ0) is 18.8. The maximum atomic E-state index is 13.6. The normalized spacial score (nSPS) is 20.6. The Morgan fingerprint density at radius 2 is 1.96 bits per heavy atom. The molecule has 1 fully saturated rings. The summed E-state index contributed by atoms with van der Waals surface area (Å²) >= 11 is 0. The highest BCUT2D eigenvalue weighted by atomic mass is 19.1. The molecule has 1 N–H and O–H groups in total. The first kappa shape index (κ1) is 18.5. The summed E-state index contributed by atoms with van der Waals surface area (Å²) in [6, 6.07) is 3.27. The smallest absolute Gasteiger partial charge is 0.308 e. The zero-order valence-corrected chi connectivity index (χ0v) is 15.0. The molecule has 0 amide bonds. The highest BCUT2D eigenvalue weighted by Crippen LogP contribution is 2.34. The van der Waals surface area contributed by atoms with Crippen molar-refractivity contribution in [1.82, 2.24) is 14.7 Å². The Morgan fingerprint density at radius 3 is 2.58 bits per heavy atom. The van der Waals surface area contributed by atoms with Crippen LogP contribution in [0.25, 0.3) is 0 Å². The number of carboxylic acid groups (broad SMARTS) is 1. The van der Waals surface area contributed by atoms with Crippen LogP contribution in [0.1, 0.15) is 36.1 Å². The molecule has 140 valence electrons. The molecular formula is C19H23F2N3O2. The van der Waals surface area contributed by atoms with Gasteiger partial charge < -0.3 is 5.11 Å². The van der Waals surface area contributed by atoms with Crippen LogP contribution in [-0.2, 0) is 17.9 Å². The van der Waals surface area contributed by atoms with Gasteiger partial charge in [0.1, 0.15) is 11.6 Å². The van der Waals surface area contributed by atoms with Gasteiger partial charge in [0, 0.05) is 49.4 Å². The summed E-state index contributed by atoms with van der Waals surface area (Å²) in [5, 5.41) is 13.9. The van der Waals surface area contributed by atoms with Crippen molar-refractivity contribution in [2.24, 2.45) is 5.92 Å². The van der Waals surface area contributed by atoms with E-state index >= 15 is 0 Å².